The van der Waals surface area contributed by atoms with Crippen molar-refractivity contribution in [2.24, 2.45) is 0 Å². The molecule has 0 amide bonds. The first-order valence-electron chi connectivity index (χ1n) is 15.2. The summed E-state index contributed by atoms with van der Waals surface area (Å²) in [4.78, 5) is 26.4. The second kappa shape index (κ2) is 13.2. The second-order valence-corrected chi connectivity index (χ2v) is 11.2. The summed E-state index contributed by atoms with van der Waals surface area (Å²) in [5, 5.41) is 20.3. The van der Waals surface area contributed by atoms with E-state index in [2.05, 4.69) is 9.69 Å². The molecule has 2 aromatic heterocycles. The molecule has 8 nitrogen and oxygen atoms in total. The van der Waals surface area contributed by atoms with Gasteiger partial charge in [-0.1, -0.05) is 0 Å². The van der Waals surface area contributed by atoms with Crippen LogP contribution in [-0.4, -0.2) is 19.9 Å². The van der Waals surface area contributed by atoms with Crippen molar-refractivity contribution in [3.63, 3.8) is 0 Å². The van der Waals surface area contributed by atoms with E-state index >= 15 is 0 Å². The lowest BCUT2D eigenvalue weighted by molar-refractivity contribution is 0.627. The fourth-order valence-electron chi connectivity index (χ4n) is 5.75. The summed E-state index contributed by atoms with van der Waals surface area (Å²) in [6, 6.07) is 24.9. The Bertz CT molecular complexity index is 2500. The van der Waals surface area contributed by atoms with E-state index in [1.165, 1.54) is 97.1 Å². The van der Waals surface area contributed by atoms with Gasteiger partial charge in [0.25, 0.3) is 11.4 Å². The average molecular weight is 685 g/mol. The topological polar surface area (TPSA) is 108 Å². The fraction of sp³-hybridized carbons (Fsp3) is 0. The third-order valence-electron chi connectivity index (χ3n) is 8.12. The van der Waals surface area contributed by atoms with Gasteiger partial charge in [-0.3, -0.25) is 0 Å². The summed E-state index contributed by atoms with van der Waals surface area (Å²) >= 11 is 0. The molecular weight excluding hydrogens is 668 g/mol. The summed E-state index contributed by atoms with van der Waals surface area (Å²) in [5.41, 5.74) is 0.641. The van der Waals surface area contributed by atoms with Gasteiger partial charge in [0.2, 0.25) is 0 Å². The Morgan fingerprint density at radius 1 is 0.423 bits per heavy atom. The van der Waals surface area contributed by atoms with Crippen molar-refractivity contribution in [2.45, 2.75) is 0 Å². The predicted molar refractivity (Wildman–Crippen MR) is 185 cm³/mol. The molecule has 0 unspecified atom stereocenters. The van der Waals surface area contributed by atoms with E-state index in [0.717, 1.165) is 0 Å². The molecule has 7 aromatic rings. The van der Waals surface area contributed by atoms with Crippen LogP contribution in [0.5, 0.6) is 0 Å². The fourth-order valence-corrected chi connectivity index (χ4v) is 5.75. The summed E-state index contributed by atoms with van der Waals surface area (Å²) in [6.07, 6.45) is 0. The molecule has 5 aromatic carbocycles. The van der Waals surface area contributed by atoms with Gasteiger partial charge >= 0.3 is 0 Å². The summed E-state index contributed by atoms with van der Waals surface area (Å²) < 4.78 is 56.4. The standard InChI is InChI=1S/C40H16F4N8/c1-47-29(19-45)31-37-39(51-35(23-7-15-27(43)16-8-23)33(49-37)21-3-11-25(41)12-4-21)32(30(20-46)48-2)40-38(31)50-34(22-5-13-26(42)14-6-22)36(52-40)24-9-17-28(44)18-10-24/h3-18H. The number of hydrogen-bond acceptors (Lipinski definition) is 6. The maximum absolute atomic E-state index is 14.1. The predicted octanol–water partition coefficient (Wildman–Crippen LogP) is 7.90. The molecule has 0 bridgehead atoms. The molecule has 12 heteroatoms. The molecule has 7 rings (SSSR count). The Kier molecular flexibility index (Phi) is 8.34. The monoisotopic (exact) mass is 684 g/mol. The van der Waals surface area contributed by atoms with Gasteiger partial charge < -0.3 is 0 Å². The van der Waals surface area contributed by atoms with Crippen molar-refractivity contribution >= 4 is 33.5 Å². The highest BCUT2D eigenvalue weighted by molar-refractivity contribution is 6.02. The molecular formula is C40H16F4N8. The highest BCUT2D eigenvalue weighted by Crippen LogP contribution is 2.33. The number of halogens is 4. The molecule has 0 atom stereocenters. The minimum Gasteiger partial charge on any atom is -0.244 e. The number of benzene rings is 5. The SMILES string of the molecule is [C-]#[N+]C(C#N)=c1c2nc(-c3ccc(F)cc3)c(-c3ccc(F)cc3)nc2c(=C(C#N)[N+]#[C-])c2nc(-c3ccc(F)cc3)c(-c3ccc(F)cc3)nc12. The quantitative estimate of drug-likeness (QED) is 0.106. The summed E-state index contributed by atoms with van der Waals surface area (Å²) in [5.74, 6) is -2.13. The van der Waals surface area contributed by atoms with Crippen LogP contribution in [0, 0.1) is 59.1 Å². The lowest BCUT2D eigenvalue weighted by Crippen LogP contribution is -2.23. The third-order valence-corrected chi connectivity index (χ3v) is 8.12. The zero-order valence-electron chi connectivity index (χ0n) is 26.3. The Morgan fingerprint density at radius 3 is 0.808 bits per heavy atom. The van der Waals surface area contributed by atoms with Gasteiger partial charge in [0.15, 0.2) is 0 Å². The van der Waals surface area contributed by atoms with Crippen LogP contribution in [0.25, 0.3) is 88.2 Å². The zero-order chi connectivity index (χ0) is 36.5. The van der Waals surface area contributed by atoms with Gasteiger partial charge in [-0.05, 0) is 97.1 Å². The molecule has 0 fully saturated rings. The van der Waals surface area contributed by atoms with Crippen molar-refractivity contribution in [2.75, 3.05) is 0 Å². The van der Waals surface area contributed by atoms with Gasteiger partial charge in [-0.25, -0.2) is 57.7 Å². The third kappa shape index (κ3) is 5.69. The van der Waals surface area contributed by atoms with Crippen LogP contribution in [0.1, 0.15) is 0 Å². The Labute approximate surface area is 291 Å². The smallest absolute Gasteiger partial charge is 0.244 e. The molecule has 0 aliphatic carbocycles. The van der Waals surface area contributed by atoms with Crippen molar-refractivity contribution < 1.29 is 17.6 Å². The lowest BCUT2D eigenvalue weighted by atomic mass is 10.0. The zero-order valence-corrected chi connectivity index (χ0v) is 26.3. The first-order chi connectivity index (χ1) is 25.2. The minimum atomic E-state index is -0.534. The number of aromatic nitrogens is 4. The number of fused-ring (bicyclic) bond motifs is 2. The molecule has 0 saturated carbocycles. The van der Waals surface area contributed by atoms with Gasteiger partial charge in [0.05, 0.1) is 70.1 Å². The number of nitrogens with zero attached hydrogens (tertiary/aromatic N) is 8. The van der Waals surface area contributed by atoms with Crippen molar-refractivity contribution in [3.05, 3.63) is 154 Å². The highest BCUT2D eigenvalue weighted by Gasteiger charge is 2.24. The maximum atomic E-state index is 14.1. The van der Waals surface area contributed by atoms with E-state index in [4.69, 9.17) is 33.1 Å². The largest absolute Gasteiger partial charge is 0.273 e. The molecule has 2 heterocycles. The van der Waals surface area contributed by atoms with E-state index in [1.54, 1.807) is 0 Å². The molecule has 52 heavy (non-hydrogen) atoms. The van der Waals surface area contributed by atoms with Crippen LogP contribution in [-0.2, 0) is 0 Å². The van der Waals surface area contributed by atoms with Crippen LogP contribution in [0.15, 0.2) is 97.1 Å². The van der Waals surface area contributed by atoms with Crippen LogP contribution in [0.4, 0.5) is 17.6 Å². The van der Waals surface area contributed by atoms with Crippen molar-refractivity contribution in [3.8, 4) is 57.2 Å². The minimum absolute atomic E-state index is 0.106. The Balaban J connectivity index is 1.79. The van der Waals surface area contributed by atoms with E-state index in [9.17, 15) is 28.1 Å². The van der Waals surface area contributed by atoms with Crippen LogP contribution in [0.3, 0.4) is 0 Å². The molecule has 244 valence electrons. The van der Waals surface area contributed by atoms with Crippen LogP contribution in [0.2, 0.25) is 0 Å². The highest BCUT2D eigenvalue weighted by atomic mass is 19.1. The molecule has 0 aliphatic heterocycles. The van der Waals surface area contributed by atoms with E-state index in [1.807, 2.05) is 12.1 Å². The summed E-state index contributed by atoms with van der Waals surface area (Å²) in [7, 11) is 0. The lowest BCUT2D eigenvalue weighted by Gasteiger charge is -2.15. The first-order valence-corrected chi connectivity index (χ1v) is 15.2. The molecule has 0 radical (unpaired) electrons. The van der Waals surface area contributed by atoms with Crippen LogP contribution < -0.4 is 10.4 Å². The van der Waals surface area contributed by atoms with Gasteiger partial charge in [-0.15, -0.1) is 0 Å². The maximum Gasteiger partial charge on any atom is 0.273 e. The van der Waals surface area contributed by atoms with Gasteiger partial charge in [0, 0.05) is 32.7 Å². The Morgan fingerprint density at radius 2 is 0.635 bits per heavy atom. The summed E-state index contributed by atoms with van der Waals surface area (Å²) in [6.45, 7) is 15.9. The van der Waals surface area contributed by atoms with Crippen LogP contribution >= 0.6 is 0 Å². The van der Waals surface area contributed by atoms with Gasteiger partial charge in [0.1, 0.15) is 23.3 Å². The molecule has 0 saturated heterocycles. The number of hydrogen-bond donors (Lipinski definition) is 0. The van der Waals surface area contributed by atoms with Crippen molar-refractivity contribution in [1.82, 2.24) is 19.9 Å². The first kappa shape index (κ1) is 32.7. The number of rotatable bonds is 4. The van der Waals surface area contributed by atoms with E-state index < -0.39 is 34.7 Å². The molecule has 0 spiro atoms. The van der Waals surface area contributed by atoms with E-state index in [-0.39, 0.29) is 55.3 Å². The Hall–Kier alpha value is -7.80. The van der Waals surface area contributed by atoms with E-state index in [0.29, 0.717) is 22.3 Å². The normalized spacial score (nSPS) is 10.6. The molecule has 0 N–H and O–H groups in total. The number of nitriles is 2. The van der Waals surface area contributed by atoms with Gasteiger partial charge in [-0.2, -0.15) is 0 Å². The average Bonchev–Trinajstić information content (AvgIpc) is 3.16. The molecule has 0 aliphatic rings. The second-order valence-electron chi connectivity index (χ2n) is 11.2. The van der Waals surface area contributed by atoms with Crippen molar-refractivity contribution in [1.29, 1.82) is 10.5 Å².